The molecule has 3 rings (SSSR count). The van der Waals surface area contributed by atoms with Gasteiger partial charge < -0.3 is 5.32 Å². The number of amides is 1. The van der Waals surface area contributed by atoms with E-state index in [4.69, 9.17) is 6.42 Å². The zero-order valence-corrected chi connectivity index (χ0v) is 19.2. The molecule has 3 aromatic carbocycles. The standard InChI is InChI=1S/C23H21N3O5S2/c1-3-16-24-32(28,29)21-14-6-18(7-15-21)23(27)25-19-8-10-20(11-9-19)26-33(30,31)22-12-4-17(2)5-13-22/h1,4-15,24,26H,16H2,2H3,(H,25,27). The van der Waals surface area contributed by atoms with Crippen LogP contribution in [-0.4, -0.2) is 29.3 Å². The molecule has 3 N–H and O–H groups in total. The van der Waals surface area contributed by atoms with Crippen LogP contribution in [0.4, 0.5) is 11.4 Å². The highest BCUT2D eigenvalue weighted by molar-refractivity contribution is 7.92. The topological polar surface area (TPSA) is 121 Å². The average molecular weight is 484 g/mol. The highest BCUT2D eigenvalue weighted by Crippen LogP contribution is 2.19. The predicted octanol–water partition coefficient (Wildman–Crippen LogP) is 2.96. The second-order valence-electron chi connectivity index (χ2n) is 7.00. The van der Waals surface area contributed by atoms with Gasteiger partial charge in [-0.2, -0.15) is 4.72 Å². The zero-order valence-electron chi connectivity index (χ0n) is 17.6. The maximum absolute atomic E-state index is 12.5. The van der Waals surface area contributed by atoms with E-state index in [1.165, 1.54) is 48.5 Å². The van der Waals surface area contributed by atoms with Crippen LogP contribution in [0, 0.1) is 19.3 Å². The second-order valence-corrected chi connectivity index (χ2v) is 10.5. The Balaban J connectivity index is 1.65. The highest BCUT2D eigenvalue weighted by Gasteiger charge is 2.15. The van der Waals surface area contributed by atoms with Gasteiger partial charge in [-0.25, -0.2) is 16.8 Å². The lowest BCUT2D eigenvalue weighted by molar-refractivity contribution is 0.102. The summed E-state index contributed by atoms with van der Waals surface area (Å²) in [6.07, 6.45) is 5.06. The molecule has 0 radical (unpaired) electrons. The maximum Gasteiger partial charge on any atom is 0.261 e. The lowest BCUT2D eigenvalue weighted by atomic mass is 10.2. The molecule has 0 spiro atoms. The monoisotopic (exact) mass is 483 g/mol. The number of benzene rings is 3. The minimum absolute atomic E-state index is 0.0143. The molecule has 33 heavy (non-hydrogen) atoms. The van der Waals surface area contributed by atoms with E-state index < -0.39 is 26.0 Å². The lowest BCUT2D eigenvalue weighted by Gasteiger charge is -2.10. The van der Waals surface area contributed by atoms with Gasteiger partial charge in [0.05, 0.1) is 16.3 Å². The molecule has 0 unspecified atom stereocenters. The van der Waals surface area contributed by atoms with Crippen LogP contribution in [0.1, 0.15) is 15.9 Å². The van der Waals surface area contributed by atoms with Crippen LogP contribution in [-0.2, 0) is 20.0 Å². The molecule has 3 aromatic rings. The van der Waals surface area contributed by atoms with Crippen molar-refractivity contribution in [3.63, 3.8) is 0 Å². The molecule has 1 amide bonds. The van der Waals surface area contributed by atoms with Crippen LogP contribution in [0.2, 0.25) is 0 Å². The average Bonchev–Trinajstić information content (AvgIpc) is 2.79. The Hall–Kier alpha value is -3.65. The summed E-state index contributed by atoms with van der Waals surface area (Å²) in [5.74, 6) is 1.73. The molecule has 0 aliphatic heterocycles. The van der Waals surface area contributed by atoms with Crippen LogP contribution in [0.15, 0.2) is 82.6 Å². The predicted molar refractivity (Wildman–Crippen MR) is 127 cm³/mol. The zero-order chi connectivity index (χ0) is 24.1. The van der Waals surface area contributed by atoms with Crippen LogP contribution in [0.25, 0.3) is 0 Å². The number of rotatable bonds is 8. The van der Waals surface area contributed by atoms with E-state index in [1.807, 2.05) is 6.92 Å². The summed E-state index contributed by atoms with van der Waals surface area (Å²) in [6.45, 7) is 1.73. The number of hydrogen-bond acceptors (Lipinski definition) is 5. The fourth-order valence-electron chi connectivity index (χ4n) is 2.76. The quantitative estimate of drug-likeness (QED) is 0.425. The van der Waals surface area contributed by atoms with E-state index in [9.17, 15) is 21.6 Å². The van der Waals surface area contributed by atoms with Gasteiger partial charge in [-0.05, 0) is 67.6 Å². The smallest absolute Gasteiger partial charge is 0.261 e. The molecule has 0 saturated carbocycles. The minimum Gasteiger partial charge on any atom is -0.322 e. The van der Waals surface area contributed by atoms with Gasteiger partial charge in [-0.1, -0.05) is 23.6 Å². The molecule has 0 fully saturated rings. The van der Waals surface area contributed by atoms with Gasteiger partial charge in [-0.3, -0.25) is 9.52 Å². The van der Waals surface area contributed by atoms with Gasteiger partial charge in [0, 0.05) is 16.9 Å². The Kier molecular flexibility index (Phi) is 7.18. The summed E-state index contributed by atoms with van der Waals surface area (Å²) in [6, 6.07) is 18.0. The molecule has 0 saturated heterocycles. The number of anilines is 2. The molecule has 8 nitrogen and oxygen atoms in total. The third-order valence-corrected chi connectivity index (χ3v) is 7.33. The van der Waals surface area contributed by atoms with Crippen LogP contribution in [0.3, 0.4) is 0 Å². The molecular formula is C23H21N3O5S2. The van der Waals surface area contributed by atoms with Crippen LogP contribution in [0.5, 0.6) is 0 Å². The summed E-state index contributed by atoms with van der Waals surface area (Å²) in [5, 5.41) is 2.67. The fourth-order valence-corrected chi connectivity index (χ4v) is 4.75. The molecule has 0 aliphatic rings. The Morgan fingerprint density at radius 1 is 0.788 bits per heavy atom. The van der Waals surface area contributed by atoms with Crippen LogP contribution < -0.4 is 14.8 Å². The summed E-state index contributed by atoms with van der Waals surface area (Å²) >= 11 is 0. The summed E-state index contributed by atoms with van der Waals surface area (Å²) in [4.78, 5) is 12.6. The number of sulfonamides is 2. The normalized spacial score (nSPS) is 11.4. The minimum atomic E-state index is -3.75. The number of carbonyl (C=O) groups is 1. The fraction of sp³-hybridized carbons (Fsp3) is 0.0870. The first-order valence-corrected chi connectivity index (χ1v) is 12.6. The van der Waals surface area contributed by atoms with Crippen LogP contribution >= 0.6 is 0 Å². The Labute approximate surface area is 193 Å². The first kappa shape index (κ1) is 24.0. The van der Waals surface area contributed by atoms with Gasteiger partial charge in [0.1, 0.15) is 0 Å². The van der Waals surface area contributed by atoms with Crippen molar-refractivity contribution < 1.29 is 21.6 Å². The number of terminal acetylenes is 1. The summed E-state index contributed by atoms with van der Waals surface area (Å²) in [7, 11) is -7.48. The Morgan fingerprint density at radius 2 is 1.30 bits per heavy atom. The van der Waals surface area contributed by atoms with E-state index in [1.54, 1.807) is 24.3 Å². The number of hydrogen-bond donors (Lipinski definition) is 3. The van der Waals surface area contributed by atoms with Crippen molar-refractivity contribution in [1.82, 2.24) is 4.72 Å². The SMILES string of the molecule is C#CCNS(=O)(=O)c1ccc(C(=O)Nc2ccc(NS(=O)(=O)c3ccc(C)cc3)cc2)cc1. The largest absolute Gasteiger partial charge is 0.322 e. The molecular weight excluding hydrogens is 462 g/mol. The first-order valence-electron chi connectivity index (χ1n) is 9.65. The number of aryl methyl sites for hydroxylation is 1. The van der Waals surface area contributed by atoms with Crippen molar-refractivity contribution in [2.24, 2.45) is 0 Å². The molecule has 0 heterocycles. The molecule has 0 aromatic heterocycles. The van der Waals surface area contributed by atoms with Crippen molar-refractivity contribution in [1.29, 1.82) is 0 Å². The summed E-state index contributed by atoms with van der Waals surface area (Å²) < 4.78 is 53.8. The van der Waals surface area contributed by atoms with Crippen molar-refractivity contribution >= 4 is 37.3 Å². The third kappa shape index (κ3) is 6.20. The van der Waals surface area contributed by atoms with Crippen molar-refractivity contribution in [3.05, 3.63) is 83.9 Å². The molecule has 170 valence electrons. The van der Waals surface area contributed by atoms with E-state index >= 15 is 0 Å². The van der Waals surface area contributed by atoms with Crippen molar-refractivity contribution in [2.75, 3.05) is 16.6 Å². The maximum atomic E-state index is 12.5. The van der Waals surface area contributed by atoms with E-state index in [-0.39, 0.29) is 21.9 Å². The van der Waals surface area contributed by atoms with Gasteiger partial charge in [-0.15, -0.1) is 6.42 Å². The third-order valence-electron chi connectivity index (χ3n) is 4.52. The molecule has 0 aliphatic carbocycles. The van der Waals surface area contributed by atoms with Crippen molar-refractivity contribution in [3.8, 4) is 12.3 Å². The van der Waals surface area contributed by atoms with Gasteiger partial charge in [0.25, 0.3) is 15.9 Å². The van der Waals surface area contributed by atoms with E-state index in [2.05, 4.69) is 20.7 Å². The summed E-state index contributed by atoms with van der Waals surface area (Å²) in [5.41, 5.74) is 1.97. The van der Waals surface area contributed by atoms with Gasteiger partial charge in [0.15, 0.2) is 0 Å². The van der Waals surface area contributed by atoms with Crippen molar-refractivity contribution in [2.45, 2.75) is 16.7 Å². The lowest BCUT2D eigenvalue weighted by Crippen LogP contribution is -2.24. The molecule has 0 atom stereocenters. The van der Waals surface area contributed by atoms with Gasteiger partial charge >= 0.3 is 0 Å². The highest BCUT2D eigenvalue weighted by atomic mass is 32.2. The Morgan fingerprint density at radius 3 is 1.88 bits per heavy atom. The second kappa shape index (κ2) is 9.87. The molecule has 0 bridgehead atoms. The van der Waals surface area contributed by atoms with E-state index in [0.717, 1.165) is 5.56 Å². The Bertz CT molecular complexity index is 1390. The van der Waals surface area contributed by atoms with E-state index in [0.29, 0.717) is 11.4 Å². The number of carbonyl (C=O) groups excluding carboxylic acids is 1. The number of nitrogens with one attached hydrogen (secondary N) is 3. The first-order chi connectivity index (χ1) is 15.6. The molecule has 10 heteroatoms. The van der Waals surface area contributed by atoms with Gasteiger partial charge in [0.2, 0.25) is 10.0 Å².